The van der Waals surface area contributed by atoms with Gasteiger partial charge in [0.2, 0.25) is 0 Å². The van der Waals surface area contributed by atoms with Gasteiger partial charge in [0.15, 0.2) is 0 Å². The number of pyridine rings is 1. The van der Waals surface area contributed by atoms with E-state index in [-0.39, 0.29) is 9.52 Å². The van der Waals surface area contributed by atoms with Gasteiger partial charge in [-0.05, 0) is 48.9 Å². The van der Waals surface area contributed by atoms with E-state index in [1.807, 2.05) is 6.20 Å². The molecule has 0 N–H and O–H groups in total. The van der Waals surface area contributed by atoms with Crippen molar-refractivity contribution < 1.29 is 0 Å². The molecule has 2 heteroatoms. The Labute approximate surface area is 121 Å². The number of aryl methyl sites for hydroxylation is 2. The molecule has 0 fully saturated rings. The van der Waals surface area contributed by atoms with Crippen molar-refractivity contribution in [2.75, 3.05) is 0 Å². The average molecular weight is 276 g/mol. The molecule has 1 aromatic rings. The van der Waals surface area contributed by atoms with Crippen molar-refractivity contribution in [2.45, 2.75) is 59.0 Å². The number of rotatable bonds is 6. The number of aromatic nitrogens is 1. The van der Waals surface area contributed by atoms with Crippen molar-refractivity contribution in [1.29, 1.82) is 0 Å². The molecule has 0 saturated heterocycles. The highest BCUT2D eigenvalue weighted by atomic mass is 28.2. The molecule has 106 valence electrons. The van der Waals surface area contributed by atoms with Gasteiger partial charge in [-0.25, -0.2) is 0 Å². The summed E-state index contributed by atoms with van der Waals surface area (Å²) in [5.41, 5.74) is 5.45. The molecule has 0 aliphatic heterocycles. The van der Waals surface area contributed by atoms with Gasteiger partial charge in [0.05, 0.1) is 0 Å². The van der Waals surface area contributed by atoms with Crippen LogP contribution in [0.15, 0.2) is 18.3 Å². The fraction of sp³-hybridized carbons (Fsp3) is 0.588. The molecule has 1 nitrogen and oxygen atoms in total. The first-order chi connectivity index (χ1) is 8.93. The summed E-state index contributed by atoms with van der Waals surface area (Å²) in [5, 5.41) is 0. The lowest BCUT2D eigenvalue weighted by atomic mass is 10.0. The lowest BCUT2D eigenvalue weighted by molar-refractivity contribution is 0.598. The van der Waals surface area contributed by atoms with E-state index in [1.165, 1.54) is 17.5 Å². The van der Waals surface area contributed by atoms with E-state index in [0.717, 1.165) is 22.7 Å². The highest BCUT2D eigenvalue weighted by Gasteiger charge is 2.14. The largest absolute Gasteiger partial charge is 0.261 e. The molecule has 19 heavy (non-hydrogen) atoms. The Hall–Kier alpha value is -0.893. The molecular weight excluding hydrogens is 246 g/mol. The van der Waals surface area contributed by atoms with Crippen LogP contribution >= 0.6 is 0 Å². The van der Waals surface area contributed by atoms with Gasteiger partial charge in [0, 0.05) is 21.4 Å². The molecular formula is C17H29NSi. The molecule has 0 aliphatic carbocycles. The number of allylic oxidation sites excluding steroid dienone is 1. The molecule has 0 amide bonds. The summed E-state index contributed by atoms with van der Waals surface area (Å²) in [6.45, 7) is 13.7. The van der Waals surface area contributed by atoms with Gasteiger partial charge in [0.1, 0.15) is 0 Å². The van der Waals surface area contributed by atoms with Crippen LogP contribution < -0.4 is 0 Å². The van der Waals surface area contributed by atoms with Gasteiger partial charge in [-0.15, -0.1) is 0 Å². The van der Waals surface area contributed by atoms with E-state index in [4.69, 9.17) is 0 Å². The maximum Gasteiger partial charge on any atom is 0.0444 e. The summed E-state index contributed by atoms with van der Waals surface area (Å²) in [6.07, 6.45) is 7.90. The van der Waals surface area contributed by atoms with Crippen LogP contribution in [-0.4, -0.2) is 14.5 Å². The predicted octanol–water partition coefficient (Wildman–Crippen LogP) is 4.54. The smallest absolute Gasteiger partial charge is 0.0444 e. The van der Waals surface area contributed by atoms with Gasteiger partial charge >= 0.3 is 0 Å². The monoisotopic (exact) mass is 275 g/mol. The quantitative estimate of drug-likeness (QED) is 0.694. The normalized spacial score (nSPS) is 15.7. The molecule has 2 unspecified atom stereocenters. The first-order valence-corrected chi connectivity index (χ1v) is 9.18. The number of nitrogens with zero attached hydrogens (tertiary/aromatic N) is 1. The van der Waals surface area contributed by atoms with E-state index in [2.05, 4.69) is 64.7 Å². The zero-order valence-electron chi connectivity index (χ0n) is 13.4. The summed E-state index contributed by atoms with van der Waals surface area (Å²) in [5.74, 6) is 0.731. The van der Waals surface area contributed by atoms with Crippen LogP contribution in [0.3, 0.4) is 0 Å². The van der Waals surface area contributed by atoms with Crippen LogP contribution in [0.25, 0.3) is 6.08 Å². The molecule has 0 spiro atoms. The minimum Gasteiger partial charge on any atom is -0.261 e. The maximum atomic E-state index is 4.43. The average Bonchev–Trinajstić information content (AvgIpc) is 2.33. The Kier molecular flexibility index (Phi) is 6.50. The standard InChI is InChI=1S/C17H29NSi/c1-7-16(15(6)19-12(2)3)8-9-17-10-13(4)11-18-14(17)5/h8-12,15-16H,7,19H2,1-6H3/b9-8-. The van der Waals surface area contributed by atoms with Gasteiger partial charge in [-0.3, -0.25) is 4.98 Å². The summed E-state index contributed by atoms with van der Waals surface area (Å²) >= 11 is 0. The molecule has 0 aliphatic rings. The second kappa shape index (κ2) is 7.64. The van der Waals surface area contributed by atoms with Gasteiger partial charge in [0.25, 0.3) is 0 Å². The summed E-state index contributed by atoms with van der Waals surface area (Å²) in [4.78, 5) is 4.43. The number of hydrogen-bond donors (Lipinski definition) is 0. The second-order valence-corrected chi connectivity index (χ2v) is 9.62. The molecule has 0 aromatic carbocycles. The lowest BCUT2D eigenvalue weighted by Crippen LogP contribution is -2.12. The zero-order chi connectivity index (χ0) is 14.4. The van der Waals surface area contributed by atoms with Gasteiger partial charge in [-0.2, -0.15) is 0 Å². The topological polar surface area (TPSA) is 12.9 Å². The van der Waals surface area contributed by atoms with Crippen LogP contribution in [0, 0.1) is 19.8 Å². The molecule has 0 radical (unpaired) electrons. The van der Waals surface area contributed by atoms with Crippen molar-refractivity contribution in [3.63, 3.8) is 0 Å². The van der Waals surface area contributed by atoms with Gasteiger partial charge in [-0.1, -0.05) is 45.4 Å². The van der Waals surface area contributed by atoms with Crippen LogP contribution in [0.1, 0.15) is 50.9 Å². The van der Waals surface area contributed by atoms with E-state index in [9.17, 15) is 0 Å². The molecule has 0 saturated carbocycles. The van der Waals surface area contributed by atoms with Crippen molar-refractivity contribution in [3.8, 4) is 0 Å². The fourth-order valence-electron chi connectivity index (χ4n) is 2.70. The third kappa shape index (κ3) is 5.31. The zero-order valence-corrected chi connectivity index (χ0v) is 14.8. The summed E-state index contributed by atoms with van der Waals surface area (Å²) < 4.78 is 0. The Morgan fingerprint density at radius 2 is 1.95 bits per heavy atom. The van der Waals surface area contributed by atoms with Crippen molar-refractivity contribution in [3.05, 3.63) is 35.2 Å². The SMILES string of the molecule is CCC(/C=C\c1cc(C)cnc1C)C(C)[SiH2]C(C)C. The maximum absolute atomic E-state index is 4.43. The van der Waals surface area contributed by atoms with E-state index in [1.54, 1.807) is 0 Å². The van der Waals surface area contributed by atoms with Crippen molar-refractivity contribution in [2.24, 2.45) is 5.92 Å². The molecule has 1 heterocycles. The lowest BCUT2D eigenvalue weighted by Gasteiger charge is -2.20. The van der Waals surface area contributed by atoms with Crippen LogP contribution in [0.4, 0.5) is 0 Å². The number of hydrogen-bond acceptors (Lipinski definition) is 1. The van der Waals surface area contributed by atoms with Gasteiger partial charge < -0.3 is 0 Å². The Morgan fingerprint density at radius 3 is 2.53 bits per heavy atom. The molecule has 2 atom stereocenters. The van der Waals surface area contributed by atoms with Crippen LogP contribution in [0.5, 0.6) is 0 Å². The summed E-state index contributed by atoms with van der Waals surface area (Å²) in [7, 11) is 0.0275. The second-order valence-electron chi connectivity index (χ2n) is 6.23. The minimum absolute atomic E-state index is 0.0275. The first kappa shape index (κ1) is 16.2. The first-order valence-electron chi connectivity index (χ1n) is 7.55. The van der Waals surface area contributed by atoms with Crippen molar-refractivity contribution >= 4 is 15.6 Å². The van der Waals surface area contributed by atoms with Crippen molar-refractivity contribution in [1.82, 2.24) is 4.98 Å². The Morgan fingerprint density at radius 1 is 1.26 bits per heavy atom. The summed E-state index contributed by atoms with van der Waals surface area (Å²) in [6, 6.07) is 2.23. The predicted molar refractivity (Wildman–Crippen MR) is 89.6 cm³/mol. The van der Waals surface area contributed by atoms with E-state index in [0.29, 0.717) is 0 Å². The Balaban J connectivity index is 2.79. The minimum atomic E-state index is 0.0275. The van der Waals surface area contributed by atoms with E-state index >= 15 is 0 Å². The molecule has 0 bridgehead atoms. The molecule has 1 rings (SSSR count). The van der Waals surface area contributed by atoms with Crippen LogP contribution in [0.2, 0.25) is 11.1 Å². The third-order valence-electron chi connectivity index (χ3n) is 3.83. The fourth-order valence-corrected chi connectivity index (χ4v) is 5.03. The van der Waals surface area contributed by atoms with E-state index < -0.39 is 0 Å². The Bertz CT molecular complexity index is 423. The highest BCUT2D eigenvalue weighted by molar-refractivity contribution is 6.39. The highest BCUT2D eigenvalue weighted by Crippen LogP contribution is 2.26. The third-order valence-corrected chi connectivity index (χ3v) is 6.12. The van der Waals surface area contributed by atoms with Crippen LogP contribution in [-0.2, 0) is 0 Å². The molecule has 1 aromatic heterocycles.